The van der Waals surface area contributed by atoms with Crippen LogP contribution < -0.4 is 16.4 Å². The minimum absolute atomic E-state index is 0.119. The van der Waals surface area contributed by atoms with Crippen LogP contribution in [0, 0.1) is 10.1 Å². The molecule has 2 aromatic rings. The molecule has 3 rings (SSSR count). The fourth-order valence-electron chi connectivity index (χ4n) is 3.51. The molecule has 1 saturated carbocycles. The third-order valence-corrected chi connectivity index (χ3v) is 5.11. The van der Waals surface area contributed by atoms with Crippen molar-refractivity contribution in [1.82, 2.24) is 5.32 Å². The van der Waals surface area contributed by atoms with Crippen LogP contribution in [0.4, 0.5) is 11.4 Å². The van der Waals surface area contributed by atoms with Gasteiger partial charge in [-0.15, -0.1) is 0 Å². The normalized spacial score (nSPS) is 15.3. The molecule has 0 saturated heterocycles. The Morgan fingerprint density at radius 3 is 2.48 bits per heavy atom. The minimum atomic E-state index is -0.474. The Morgan fingerprint density at radius 2 is 1.85 bits per heavy atom. The highest BCUT2D eigenvalue weighted by molar-refractivity contribution is 5.96. The van der Waals surface area contributed by atoms with Crippen LogP contribution in [-0.4, -0.2) is 22.9 Å². The van der Waals surface area contributed by atoms with Crippen molar-refractivity contribution in [1.29, 1.82) is 0 Å². The number of nitro benzene ring substituents is 1. The average Bonchev–Trinajstić information content (AvgIpc) is 3.16. The zero-order valence-electron chi connectivity index (χ0n) is 15.1. The fraction of sp³-hybridized carbons (Fsp3) is 0.350. The number of carbonyl (C=O) groups excluding carboxylic acids is 1. The molecule has 0 heterocycles. The number of nitrogens with one attached hydrogen (secondary N) is 2. The summed E-state index contributed by atoms with van der Waals surface area (Å²) in [6.07, 6.45) is 3.74. The van der Waals surface area contributed by atoms with Crippen molar-refractivity contribution in [3.05, 3.63) is 69.8 Å². The first kappa shape index (κ1) is 18.8. The molecule has 2 aromatic carbocycles. The number of carbonyl (C=O) groups is 1. The summed E-state index contributed by atoms with van der Waals surface area (Å²) in [4.78, 5) is 23.6. The maximum Gasteiger partial charge on any atom is 0.293 e. The monoisotopic (exact) mass is 368 g/mol. The van der Waals surface area contributed by atoms with Gasteiger partial charge in [0, 0.05) is 24.7 Å². The van der Waals surface area contributed by atoms with Crippen LogP contribution in [0.5, 0.6) is 0 Å². The molecule has 0 atom stereocenters. The molecule has 0 bridgehead atoms. The highest BCUT2D eigenvalue weighted by Crippen LogP contribution is 2.30. The second kappa shape index (κ2) is 8.18. The van der Waals surface area contributed by atoms with E-state index in [2.05, 4.69) is 10.6 Å². The molecule has 142 valence electrons. The fourth-order valence-corrected chi connectivity index (χ4v) is 3.51. The first-order chi connectivity index (χ1) is 13.0. The Hall–Kier alpha value is -2.93. The Bertz CT molecular complexity index is 817. The highest BCUT2D eigenvalue weighted by Gasteiger charge is 2.34. The molecule has 0 aromatic heterocycles. The summed E-state index contributed by atoms with van der Waals surface area (Å²) in [5, 5.41) is 17.6. The minimum Gasteiger partial charge on any atom is -0.375 e. The maximum absolute atomic E-state index is 12.6. The lowest BCUT2D eigenvalue weighted by molar-refractivity contribution is -0.384. The van der Waals surface area contributed by atoms with E-state index in [1.165, 1.54) is 6.07 Å². The van der Waals surface area contributed by atoms with E-state index in [0.717, 1.165) is 31.2 Å². The van der Waals surface area contributed by atoms with Crippen LogP contribution in [0.3, 0.4) is 0 Å². The molecule has 7 heteroatoms. The number of hydrogen-bond acceptors (Lipinski definition) is 5. The number of hydrogen-bond donors (Lipinski definition) is 3. The van der Waals surface area contributed by atoms with Gasteiger partial charge in [0.1, 0.15) is 5.69 Å². The zero-order valence-corrected chi connectivity index (χ0v) is 15.1. The molecular weight excluding hydrogens is 344 g/mol. The van der Waals surface area contributed by atoms with E-state index in [0.29, 0.717) is 18.8 Å². The molecule has 1 aliphatic carbocycles. The van der Waals surface area contributed by atoms with Crippen molar-refractivity contribution >= 4 is 17.3 Å². The Labute approximate surface area is 158 Å². The average molecular weight is 368 g/mol. The zero-order chi connectivity index (χ0) is 19.3. The first-order valence-corrected chi connectivity index (χ1v) is 9.12. The first-order valence-electron chi connectivity index (χ1n) is 9.12. The summed E-state index contributed by atoms with van der Waals surface area (Å²) in [5.74, 6) is -0.319. The number of nitro groups is 1. The third-order valence-electron chi connectivity index (χ3n) is 5.11. The van der Waals surface area contributed by atoms with Crippen molar-refractivity contribution in [2.24, 2.45) is 5.73 Å². The van der Waals surface area contributed by atoms with Crippen LogP contribution >= 0.6 is 0 Å². The quantitative estimate of drug-likeness (QED) is 0.513. The predicted molar refractivity (Wildman–Crippen MR) is 105 cm³/mol. The van der Waals surface area contributed by atoms with Gasteiger partial charge in [0.05, 0.1) is 10.5 Å². The summed E-state index contributed by atoms with van der Waals surface area (Å²) in [6.45, 7) is 0.834. The van der Waals surface area contributed by atoms with Gasteiger partial charge in [0.2, 0.25) is 0 Å². The van der Waals surface area contributed by atoms with Gasteiger partial charge in [0.15, 0.2) is 0 Å². The van der Waals surface area contributed by atoms with E-state index in [9.17, 15) is 14.9 Å². The molecule has 0 spiro atoms. The van der Waals surface area contributed by atoms with E-state index in [1.54, 1.807) is 12.1 Å². The van der Waals surface area contributed by atoms with Crippen LogP contribution in [0.1, 0.15) is 41.6 Å². The standard InChI is InChI=1S/C20H24N4O3/c21-14-20(10-4-5-11-20)23-19(25)16-8-9-17(18(12-16)24(26)27)22-13-15-6-2-1-3-7-15/h1-3,6-9,12,22H,4-5,10-11,13-14,21H2,(H,23,25). The number of nitrogens with zero attached hydrogens (tertiary/aromatic N) is 1. The Morgan fingerprint density at radius 1 is 1.15 bits per heavy atom. The molecule has 1 fully saturated rings. The Balaban J connectivity index is 1.76. The van der Waals surface area contributed by atoms with Crippen molar-refractivity contribution in [3.8, 4) is 0 Å². The number of rotatable bonds is 7. The van der Waals surface area contributed by atoms with Crippen LogP contribution in [0.15, 0.2) is 48.5 Å². The molecule has 0 aliphatic heterocycles. The van der Waals surface area contributed by atoms with Gasteiger partial charge in [-0.05, 0) is 30.5 Å². The van der Waals surface area contributed by atoms with Crippen molar-refractivity contribution in [2.75, 3.05) is 11.9 Å². The van der Waals surface area contributed by atoms with E-state index in [4.69, 9.17) is 5.73 Å². The van der Waals surface area contributed by atoms with Gasteiger partial charge >= 0.3 is 0 Å². The number of benzene rings is 2. The van der Waals surface area contributed by atoms with Gasteiger partial charge in [-0.3, -0.25) is 14.9 Å². The molecule has 4 N–H and O–H groups in total. The van der Waals surface area contributed by atoms with E-state index >= 15 is 0 Å². The van der Waals surface area contributed by atoms with Gasteiger partial charge in [-0.2, -0.15) is 0 Å². The summed E-state index contributed by atoms with van der Waals surface area (Å²) in [7, 11) is 0. The van der Waals surface area contributed by atoms with Gasteiger partial charge in [-0.25, -0.2) is 0 Å². The number of amides is 1. The van der Waals surface area contributed by atoms with Gasteiger partial charge in [0.25, 0.3) is 11.6 Å². The smallest absolute Gasteiger partial charge is 0.293 e. The number of nitrogens with two attached hydrogens (primary N) is 1. The number of anilines is 1. The molecule has 1 aliphatic rings. The lowest BCUT2D eigenvalue weighted by atomic mass is 9.97. The van der Waals surface area contributed by atoms with Crippen LogP contribution in [-0.2, 0) is 6.54 Å². The second-order valence-corrected chi connectivity index (χ2v) is 6.97. The summed E-state index contributed by atoms with van der Waals surface area (Å²) in [5.41, 5.74) is 7.02. The topological polar surface area (TPSA) is 110 Å². The molecule has 27 heavy (non-hydrogen) atoms. The summed E-state index contributed by atoms with van der Waals surface area (Å²) < 4.78 is 0. The lowest BCUT2D eigenvalue weighted by Gasteiger charge is -2.28. The Kier molecular flexibility index (Phi) is 5.71. The van der Waals surface area contributed by atoms with Crippen molar-refractivity contribution in [2.45, 2.75) is 37.8 Å². The highest BCUT2D eigenvalue weighted by atomic mass is 16.6. The summed E-state index contributed by atoms with van der Waals surface area (Å²) >= 11 is 0. The molecule has 0 unspecified atom stereocenters. The van der Waals surface area contributed by atoms with Crippen LogP contribution in [0.2, 0.25) is 0 Å². The van der Waals surface area contributed by atoms with Gasteiger partial charge < -0.3 is 16.4 Å². The van der Waals surface area contributed by atoms with E-state index in [-0.39, 0.29) is 17.2 Å². The largest absolute Gasteiger partial charge is 0.375 e. The predicted octanol–water partition coefficient (Wildman–Crippen LogP) is 3.21. The van der Waals surface area contributed by atoms with Crippen molar-refractivity contribution < 1.29 is 9.72 Å². The SMILES string of the molecule is NCC1(NC(=O)c2ccc(NCc3ccccc3)c([N+](=O)[O-])c2)CCCC1. The molecule has 0 radical (unpaired) electrons. The van der Waals surface area contributed by atoms with Crippen LogP contribution in [0.25, 0.3) is 0 Å². The van der Waals surface area contributed by atoms with E-state index in [1.807, 2.05) is 30.3 Å². The van der Waals surface area contributed by atoms with E-state index < -0.39 is 10.5 Å². The lowest BCUT2D eigenvalue weighted by Crippen LogP contribution is -2.51. The van der Waals surface area contributed by atoms with Crippen molar-refractivity contribution in [3.63, 3.8) is 0 Å². The maximum atomic E-state index is 12.6. The van der Waals surface area contributed by atoms with Gasteiger partial charge in [-0.1, -0.05) is 43.2 Å². The molecule has 7 nitrogen and oxygen atoms in total. The second-order valence-electron chi connectivity index (χ2n) is 6.97. The molecule has 1 amide bonds. The summed E-state index contributed by atoms with van der Waals surface area (Å²) in [6, 6.07) is 14.1. The third kappa shape index (κ3) is 4.43. The molecular formula is C20H24N4O3.